The van der Waals surface area contributed by atoms with Gasteiger partial charge in [0, 0.05) is 34.0 Å². The third-order valence-corrected chi connectivity index (χ3v) is 5.06. The van der Waals surface area contributed by atoms with Gasteiger partial charge in [-0.05, 0) is 45.0 Å². The third-order valence-electron chi connectivity index (χ3n) is 4.78. The van der Waals surface area contributed by atoms with Crippen molar-refractivity contribution in [2.45, 2.75) is 26.4 Å². The monoisotopic (exact) mass is 492 g/mol. The number of halogens is 1. The lowest BCUT2D eigenvalue weighted by Crippen LogP contribution is -2.37. The Morgan fingerprint density at radius 1 is 1.09 bits per heavy atom. The lowest BCUT2D eigenvalue weighted by Gasteiger charge is -2.19. The van der Waals surface area contributed by atoms with E-state index in [1.54, 1.807) is 45.2 Å². The number of hydrogen-bond acceptors (Lipinski definition) is 6. The lowest BCUT2D eigenvalue weighted by atomic mass is 10.1. The molecule has 9 nitrogen and oxygen atoms in total. The van der Waals surface area contributed by atoms with E-state index in [0.717, 1.165) is 16.5 Å². The standard InChI is InChI=1S/C25H25ClN6O3/c1-25(2,3)35-24(34)29-14-21(33)30-15-7-6-8-16(11-15)31-23-28-13-19(26)22(32-23)18-12-27-20-10-5-4-9-17(18)20/h4-13,27H,14H2,1-3H3,(H,29,34)(H,30,33)(H,28,31,32). The largest absolute Gasteiger partial charge is 0.444 e. The smallest absolute Gasteiger partial charge is 0.408 e. The molecule has 10 heteroatoms. The number of fused-ring (bicyclic) bond motifs is 1. The number of amides is 2. The van der Waals surface area contributed by atoms with Crippen molar-refractivity contribution in [2.75, 3.05) is 17.2 Å². The maximum atomic E-state index is 12.2. The minimum atomic E-state index is -0.658. The van der Waals surface area contributed by atoms with E-state index >= 15 is 0 Å². The second-order valence-corrected chi connectivity index (χ2v) is 9.15. The fraction of sp³-hybridized carbons (Fsp3) is 0.200. The highest BCUT2D eigenvalue weighted by Gasteiger charge is 2.17. The SMILES string of the molecule is CC(C)(C)OC(=O)NCC(=O)Nc1cccc(Nc2ncc(Cl)c(-c3c[nH]c4ccccc34)n2)c1. The maximum absolute atomic E-state index is 12.2. The highest BCUT2D eigenvalue weighted by Crippen LogP contribution is 2.32. The molecule has 2 aromatic carbocycles. The number of aromatic amines is 1. The molecule has 4 rings (SSSR count). The van der Waals surface area contributed by atoms with Crippen molar-refractivity contribution in [3.8, 4) is 11.3 Å². The van der Waals surface area contributed by atoms with Crippen molar-refractivity contribution in [3.05, 3.63) is 65.9 Å². The number of alkyl carbamates (subject to hydrolysis) is 1. The van der Waals surface area contributed by atoms with Crippen molar-refractivity contribution in [1.29, 1.82) is 0 Å². The Balaban J connectivity index is 1.44. The molecule has 2 heterocycles. The summed E-state index contributed by atoms with van der Waals surface area (Å²) in [7, 11) is 0. The van der Waals surface area contributed by atoms with E-state index in [1.807, 2.05) is 36.5 Å². The number of nitrogens with one attached hydrogen (secondary N) is 4. The number of rotatable bonds is 6. The lowest BCUT2D eigenvalue weighted by molar-refractivity contribution is -0.115. The molecule has 4 aromatic rings. The van der Waals surface area contributed by atoms with E-state index in [9.17, 15) is 9.59 Å². The summed E-state index contributed by atoms with van der Waals surface area (Å²) < 4.78 is 5.13. The van der Waals surface area contributed by atoms with Gasteiger partial charge in [-0.2, -0.15) is 0 Å². The normalized spacial score (nSPS) is 11.2. The summed E-state index contributed by atoms with van der Waals surface area (Å²) in [6.07, 6.45) is 2.75. The molecule has 0 aliphatic carbocycles. The van der Waals surface area contributed by atoms with Crippen LogP contribution in [0.25, 0.3) is 22.2 Å². The number of hydrogen-bond donors (Lipinski definition) is 4. The number of carbonyl (C=O) groups excluding carboxylic acids is 2. The van der Waals surface area contributed by atoms with E-state index in [-0.39, 0.29) is 6.54 Å². The molecule has 0 spiro atoms. The molecule has 0 saturated carbocycles. The summed E-state index contributed by atoms with van der Waals surface area (Å²) in [5.74, 6) is -0.0397. The molecule has 180 valence electrons. The van der Waals surface area contributed by atoms with Gasteiger partial charge < -0.3 is 25.7 Å². The number of benzene rings is 2. The molecule has 2 amide bonds. The molecule has 0 aliphatic rings. The van der Waals surface area contributed by atoms with Crippen LogP contribution in [-0.4, -0.2) is 39.1 Å². The predicted octanol–water partition coefficient (Wildman–Crippen LogP) is 5.49. The zero-order valence-electron chi connectivity index (χ0n) is 19.5. The number of H-pyrrole nitrogens is 1. The van der Waals surface area contributed by atoms with Gasteiger partial charge in [0.05, 0.1) is 16.9 Å². The molecule has 0 aliphatic heterocycles. The van der Waals surface area contributed by atoms with Crippen molar-refractivity contribution >= 4 is 51.8 Å². The number of nitrogens with zero attached hydrogens (tertiary/aromatic N) is 2. The number of anilines is 3. The summed E-state index contributed by atoms with van der Waals surface area (Å²) in [5.41, 5.74) is 3.01. The summed E-state index contributed by atoms with van der Waals surface area (Å²) >= 11 is 6.41. The zero-order chi connectivity index (χ0) is 25.0. The van der Waals surface area contributed by atoms with Crippen LogP contribution in [0.5, 0.6) is 0 Å². The van der Waals surface area contributed by atoms with Crippen molar-refractivity contribution < 1.29 is 14.3 Å². The quantitative estimate of drug-likeness (QED) is 0.282. The molecular weight excluding hydrogens is 468 g/mol. The second-order valence-electron chi connectivity index (χ2n) is 8.75. The van der Waals surface area contributed by atoms with Crippen molar-refractivity contribution in [3.63, 3.8) is 0 Å². The van der Waals surface area contributed by atoms with Crippen LogP contribution < -0.4 is 16.0 Å². The minimum absolute atomic E-state index is 0.221. The Kier molecular flexibility index (Phi) is 6.88. The second kappa shape index (κ2) is 10.0. The molecule has 35 heavy (non-hydrogen) atoms. The van der Waals surface area contributed by atoms with Crippen LogP contribution >= 0.6 is 11.6 Å². The van der Waals surface area contributed by atoms with Gasteiger partial charge in [-0.25, -0.2) is 14.8 Å². The van der Waals surface area contributed by atoms with Crippen molar-refractivity contribution in [1.82, 2.24) is 20.3 Å². The highest BCUT2D eigenvalue weighted by atomic mass is 35.5. The third kappa shape index (κ3) is 6.27. The summed E-state index contributed by atoms with van der Waals surface area (Å²) in [6.45, 7) is 5.03. The number of aromatic nitrogens is 3. The van der Waals surface area contributed by atoms with E-state index in [4.69, 9.17) is 16.3 Å². The molecule has 0 atom stereocenters. The van der Waals surface area contributed by atoms with Crippen LogP contribution in [0.4, 0.5) is 22.1 Å². The first-order valence-electron chi connectivity index (χ1n) is 10.9. The van der Waals surface area contributed by atoms with Gasteiger partial charge in [-0.15, -0.1) is 0 Å². The number of para-hydroxylation sites is 1. The van der Waals surface area contributed by atoms with E-state index in [1.165, 1.54) is 0 Å². The first-order chi connectivity index (χ1) is 16.7. The molecule has 0 fully saturated rings. The van der Waals surface area contributed by atoms with Gasteiger partial charge in [-0.1, -0.05) is 35.9 Å². The van der Waals surface area contributed by atoms with Crippen LogP contribution in [0.3, 0.4) is 0 Å². The minimum Gasteiger partial charge on any atom is -0.444 e. The average molecular weight is 493 g/mol. The first kappa shape index (κ1) is 24.0. The van der Waals surface area contributed by atoms with Gasteiger partial charge in [0.1, 0.15) is 12.1 Å². The fourth-order valence-corrected chi connectivity index (χ4v) is 3.55. The zero-order valence-corrected chi connectivity index (χ0v) is 20.2. The predicted molar refractivity (Wildman–Crippen MR) is 137 cm³/mol. The molecule has 0 unspecified atom stereocenters. The Bertz CT molecular complexity index is 1380. The number of ether oxygens (including phenoxy) is 1. The molecule has 4 N–H and O–H groups in total. The highest BCUT2D eigenvalue weighted by molar-refractivity contribution is 6.33. The van der Waals surface area contributed by atoms with E-state index in [0.29, 0.717) is 28.0 Å². The number of carbonyl (C=O) groups is 2. The Morgan fingerprint density at radius 3 is 2.66 bits per heavy atom. The Morgan fingerprint density at radius 2 is 1.86 bits per heavy atom. The Hall–Kier alpha value is -4.11. The van der Waals surface area contributed by atoms with Crippen LogP contribution in [0.15, 0.2) is 60.9 Å². The maximum Gasteiger partial charge on any atom is 0.408 e. The fourth-order valence-electron chi connectivity index (χ4n) is 3.36. The molecule has 0 radical (unpaired) electrons. The van der Waals surface area contributed by atoms with Gasteiger partial charge in [0.25, 0.3) is 0 Å². The summed E-state index contributed by atoms with van der Waals surface area (Å²) in [6, 6.07) is 14.9. The molecular formula is C25H25ClN6O3. The molecule has 2 aromatic heterocycles. The van der Waals surface area contributed by atoms with Crippen LogP contribution in [-0.2, 0) is 9.53 Å². The summed E-state index contributed by atoms with van der Waals surface area (Å²) in [4.78, 5) is 36.1. The van der Waals surface area contributed by atoms with Gasteiger partial charge in [0.15, 0.2) is 0 Å². The molecule has 0 bridgehead atoms. The van der Waals surface area contributed by atoms with E-state index < -0.39 is 17.6 Å². The molecule has 0 saturated heterocycles. The van der Waals surface area contributed by atoms with Crippen LogP contribution in [0, 0.1) is 0 Å². The first-order valence-corrected chi connectivity index (χ1v) is 11.3. The average Bonchev–Trinajstić information content (AvgIpc) is 3.22. The van der Waals surface area contributed by atoms with Gasteiger partial charge in [0.2, 0.25) is 11.9 Å². The van der Waals surface area contributed by atoms with Crippen molar-refractivity contribution in [2.24, 2.45) is 0 Å². The van der Waals surface area contributed by atoms with Gasteiger partial charge >= 0.3 is 6.09 Å². The van der Waals surface area contributed by atoms with Crippen LogP contribution in [0.2, 0.25) is 5.02 Å². The topological polar surface area (TPSA) is 121 Å². The van der Waals surface area contributed by atoms with Crippen LogP contribution in [0.1, 0.15) is 20.8 Å². The summed E-state index contributed by atoms with van der Waals surface area (Å²) in [5, 5.41) is 9.73. The van der Waals surface area contributed by atoms with E-state index in [2.05, 4.69) is 30.9 Å². The van der Waals surface area contributed by atoms with Gasteiger partial charge in [-0.3, -0.25) is 4.79 Å². The Labute approximate surface area is 207 Å².